The number of halogens is 2. The molecule has 0 aromatic carbocycles. The summed E-state index contributed by atoms with van der Waals surface area (Å²) in [6.45, 7) is 2.05. The van der Waals surface area contributed by atoms with Gasteiger partial charge in [-0.1, -0.05) is 11.6 Å². The summed E-state index contributed by atoms with van der Waals surface area (Å²) in [5.74, 6) is 0. The summed E-state index contributed by atoms with van der Waals surface area (Å²) in [6, 6.07) is 0. The standard InChI is InChI=1S/C8H6ClIN2/c1-4-2-11-7-6(4)5(10)3-12-8(7)9/h2-3,11H,1H3. The van der Waals surface area contributed by atoms with Gasteiger partial charge in [0, 0.05) is 21.4 Å². The fourth-order valence-corrected chi connectivity index (χ4v) is 2.27. The first-order chi connectivity index (χ1) is 5.70. The quantitative estimate of drug-likeness (QED) is 0.586. The Morgan fingerprint density at radius 3 is 3.00 bits per heavy atom. The molecule has 2 nitrogen and oxygen atoms in total. The molecule has 0 amide bonds. The molecular weight excluding hydrogens is 286 g/mol. The van der Waals surface area contributed by atoms with Crippen LogP contribution in [0.5, 0.6) is 0 Å². The van der Waals surface area contributed by atoms with Gasteiger partial charge in [0.25, 0.3) is 0 Å². The largest absolute Gasteiger partial charge is 0.358 e. The Morgan fingerprint density at radius 2 is 2.33 bits per heavy atom. The SMILES string of the molecule is Cc1c[nH]c2c(Cl)ncc(I)c12. The normalized spacial score (nSPS) is 10.9. The summed E-state index contributed by atoms with van der Waals surface area (Å²) < 4.78 is 1.13. The van der Waals surface area contributed by atoms with E-state index in [1.807, 2.05) is 6.20 Å². The Hall–Kier alpha value is -0.290. The van der Waals surface area contributed by atoms with E-state index in [-0.39, 0.29) is 0 Å². The lowest BCUT2D eigenvalue weighted by Crippen LogP contribution is -1.81. The molecule has 0 fully saturated rings. The molecule has 0 aliphatic heterocycles. The number of nitrogens with zero attached hydrogens (tertiary/aromatic N) is 1. The van der Waals surface area contributed by atoms with Crippen molar-refractivity contribution >= 4 is 45.1 Å². The van der Waals surface area contributed by atoms with Crippen LogP contribution in [0.15, 0.2) is 12.4 Å². The summed E-state index contributed by atoms with van der Waals surface area (Å²) >= 11 is 8.15. The topological polar surface area (TPSA) is 28.7 Å². The number of hydrogen-bond acceptors (Lipinski definition) is 1. The average Bonchev–Trinajstić information content (AvgIpc) is 2.42. The third-order valence-electron chi connectivity index (χ3n) is 1.81. The van der Waals surface area contributed by atoms with Crippen molar-refractivity contribution in [2.75, 3.05) is 0 Å². The van der Waals surface area contributed by atoms with E-state index in [0.717, 1.165) is 9.09 Å². The molecule has 0 bridgehead atoms. The zero-order valence-electron chi connectivity index (χ0n) is 6.36. The number of hydrogen-bond donors (Lipinski definition) is 1. The maximum atomic E-state index is 5.90. The monoisotopic (exact) mass is 292 g/mol. The smallest absolute Gasteiger partial charge is 0.153 e. The predicted octanol–water partition coefficient (Wildman–Crippen LogP) is 3.13. The molecule has 2 aromatic heterocycles. The highest BCUT2D eigenvalue weighted by Crippen LogP contribution is 2.27. The van der Waals surface area contributed by atoms with E-state index in [9.17, 15) is 0 Å². The second kappa shape index (κ2) is 2.88. The molecule has 2 rings (SSSR count). The van der Waals surface area contributed by atoms with Crippen molar-refractivity contribution in [1.29, 1.82) is 0 Å². The molecule has 0 atom stereocenters. The molecule has 2 heterocycles. The van der Waals surface area contributed by atoms with Gasteiger partial charge in [0.2, 0.25) is 0 Å². The van der Waals surface area contributed by atoms with Crippen LogP contribution in [0, 0.1) is 10.5 Å². The fraction of sp³-hybridized carbons (Fsp3) is 0.125. The summed E-state index contributed by atoms with van der Waals surface area (Å²) in [4.78, 5) is 7.14. The van der Waals surface area contributed by atoms with Crippen LogP contribution in [0.2, 0.25) is 5.15 Å². The first-order valence-electron chi connectivity index (χ1n) is 3.48. The lowest BCUT2D eigenvalue weighted by molar-refractivity contribution is 1.32. The van der Waals surface area contributed by atoms with Crippen LogP contribution in [0.1, 0.15) is 5.56 Å². The van der Waals surface area contributed by atoms with Gasteiger partial charge in [-0.3, -0.25) is 0 Å². The maximum absolute atomic E-state index is 5.90. The van der Waals surface area contributed by atoms with Crippen molar-refractivity contribution in [3.05, 3.63) is 26.7 Å². The number of rotatable bonds is 0. The molecule has 0 saturated carbocycles. The van der Waals surface area contributed by atoms with Gasteiger partial charge in [-0.25, -0.2) is 4.98 Å². The van der Waals surface area contributed by atoms with Crippen molar-refractivity contribution in [2.45, 2.75) is 6.92 Å². The minimum Gasteiger partial charge on any atom is -0.358 e. The molecule has 0 saturated heterocycles. The molecule has 12 heavy (non-hydrogen) atoms. The van der Waals surface area contributed by atoms with E-state index in [0.29, 0.717) is 5.15 Å². The minimum atomic E-state index is 0.540. The van der Waals surface area contributed by atoms with Gasteiger partial charge < -0.3 is 4.98 Å². The highest BCUT2D eigenvalue weighted by molar-refractivity contribution is 14.1. The summed E-state index contributed by atoms with van der Waals surface area (Å²) in [5, 5.41) is 1.72. The van der Waals surface area contributed by atoms with Crippen molar-refractivity contribution in [3.63, 3.8) is 0 Å². The van der Waals surface area contributed by atoms with Gasteiger partial charge in [0.05, 0.1) is 5.52 Å². The van der Waals surface area contributed by atoms with Crippen LogP contribution < -0.4 is 0 Å². The van der Waals surface area contributed by atoms with Crippen LogP contribution in [0.3, 0.4) is 0 Å². The summed E-state index contributed by atoms with van der Waals surface area (Å²) in [6.07, 6.45) is 3.73. The van der Waals surface area contributed by atoms with Crippen LogP contribution in [-0.2, 0) is 0 Å². The third-order valence-corrected chi connectivity index (χ3v) is 2.92. The van der Waals surface area contributed by atoms with Gasteiger partial charge in [-0.15, -0.1) is 0 Å². The first-order valence-corrected chi connectivity index (χ1v) is 4.93. The number of aromatic amines is 1. The Balaban J connectivity index is 2.98. The number of fused-ring (bicyclic) bond motifs is 1. The Bertz CT molecular complexity index is 436. The molecule has 0 aliphatic carbocycles. The van der Waals surface area contributed by atoms with E-state index >= 15 is 0 Å². The van der Waals surface area contributed by atoms with E-state index in [4.69, 9.17) is 11.6 Å². The molecule has 0 unspecified atom stereocenters. The number of nitrogens with one attached hydrogen (secondary N) is 1. The van der Waals surface area contributed by atoms with Gasteiger partial charge in [-0.2, -0.15) is 0 Å². The Kier molecular flexibility index (Phi) is 2.00. The maximum Gasteiger partial charge on any atom is 0.153 e. The molecule has 0 spiro atoms. The summed E-state index contributed by atoms with van der Waals surface area (Å²) in [7, 11) is 0. The number of aromatic nitrogens is 2. The molecular formula is C8H6ClIN2. The average molecular weight is 293 g/mol. The zero-order chi connectivity index (χ0) is 8.72. The van der Waals surface area contributed by atoms with E-state index in [2.05, 4.69) is 39.5 Å². The van der Waals surface area contributed by atoms with Gasteiger partial charge in [-0.05, 0) is 35.1 Å². The van der Waals surface area contributed by atoms with E-state index < -0.39 is 0 Å². The predicted molar refractivity (Wildman–Crippen MR) is 58.6 cm³/mol. The molecule has 4 heteroatoms. The lowest BCUT2D eigenvalue weighted by atomic mass is 10.2. The zero-order valence-corrected chi connectivity index (χ0v) is 9.27. The van der Waals surface area contributed by atoms with Gasteiger partial charge in [0.1, 0.15) is 0 Å². The molecule has 1 N–H and O–H groups in total. The second-order valence-corrected chi connectivity index (χ2v) is 4.14. The van der Waals surface area contributed by atoms with Crippen molar-refractivity contribution in [3.8, 4) is 0 Å². The van der Waals surface area contributed by atoms with E-state index in [1.165, 1.54) is 10.9 Å². The number of H-pyrrole nitrogens is 1. The second-order valence-electron chi connectivity index (χ2n) is 2.62. The highest BCUT2D eigenvalue weighted by atomic mass is 127. The van der Waals surface area contributed by atoms with Gasteiger partial charge >= 0.3 is 0 Å². The first kappa shape index (κ1) is 8.31. The van der Waals surface area contributed by atoms with Crippen molar-refractivity contribution in [1.82, 2.24) is 9.97 Å². The molecule has 0 aliphatic rings. The third kappa shape index (κ3) is 1.11. The molecule has 0 radical (unpaired) electrons. The van der Waals surface area contributed by atoms with Crippen molar-refractivity contribution < 1.29 is 0 Å². The molecule has 2 aromatic rings. The molecule has 62 valence electrons. The fourth-order valence-electron chi connectivity index (χ4n) is 1.23. The van der Waals surface area contributed by atoms with Crippen LogP contribution in [-0.4, -0.2) is 9.97 Å². The van der Waals surface area contributed by atoms with Crippen molar-refractivity contribution in [2.24, 2.45) is 0 Å². The van der Waals surface area contributed by atoms with Gasteiger partial charge in [0.15, 0.2) is 5.15 Å². The summed E-state index contributed by atoms with van der Waals surface area (Å²) in [5.41, 5.74) is 2.14. The Labute approximate surface area is 88.5 Å². The van der Waals surface area contributed by atoms with Crippen LogP contribution >= 0.6 is 34.2 Å². The number of aryl methyl sites for hydroxylation is 1. The van der Waals surface area contributed by atoms with E-state index in [1.54, 1.807) is 6.20 Å². The Morgan fingerprint density at radius 1 is 1.58 bits per heavy atom. The lowest BCUT2D eigenvalue weighted by Gasteiger charge is -1.96. The number of pyridine rings is 1. The highest BCUT2D eigenvalue weighted by Gasteiger charge is 2.07. The van der Waals surface area contributed by atoms with Crippen LogP contribution in [0.25, 0.3) is 10.9 Å². The minimum absolute atomic E-state index is 0.540. The van der Waals surface area contributed by atoms with Crippen LogP contribution in [0.4, 0.5) is 0 Å².